The van der Waals surface area contributed by atoms with Crippen LogP contribution >= 0.6 is 0 Å². The summed E-state index contributed by atoms with van der Waals surface area (Å²) in [5, 5.41) is 6.29. The molecule has 0 radical (unpaired) electrons. The number of rotatable bonds is 4. The molecule has 1 aromatic rings. The molecule has 3 rings (SSSR count). The number of anilines is 1. The van der Waals surface area contributed by atoms with Crippen LogP contribution in [0.3, 0.4) is 0 Å². The highest BCUT2D eigenvalue weighted by molar-refractivity contribution is 7.90. The van der Waals surface area contributed by atoms with Crippen LogP contribution < -0.4 is 15.5 Å². The number of nitrogens with one attached hydrogen (secondary N) is 3. The number of hydrazone groups is 1. The van der Waals surface area contributed by atoms with Gasteiger partial charge in [0, 0.05) is 31.5 Å². The summed E-state index contributed by atoms with van der Waals surface area (Å²) in [5.41, 5.74) is 2.75. The predicted molar refractivity (Wildman–Crippen MR) is 91.7 cm³/mol. The summed E-state index contributed by atoms with van der Waals surface area (Å²) in [5.74, 6) is -0.282. The molecule has 0 bridgehead atoms. The number of nitrogens with zero attached hydrogens (tertiary/aromatic N) is 2. The smallest absolute Gasteiger partial charge is 0.271 e. The number of amides is 2. The molecule has 2 aliphatic rings. The van der Waals surface area contributed by atoms with E-state index in [9.17, 15) is 18.0 Å². The molecule has 2 aliphatic heterocycles. The second-order valence-corrected chi connectivity index (χ2v) is 7.30. The van der Waals surface area contributed by atoms with Crippen molar-refractivity contribution in [2.45, 2.75) is 30.6 Å². The van der Waals surface area contributed by atoms with E-state index in [-0.39, 0.29) is 29.4 Å². The Bertz CT molecular complexity index is 876. The van der Waals surface area contributed by atoms with Gasteiger partial charge in [0.05, 0.1) is 4.90 Å². The first kappa shape index (κ1) is 17.1. The molecule has 1 aromatic carbocycles. The second-order valence-electron chi connectivity index (χ2n) is 5.61. The van der Waals surface area contributed by atoms with Gasteiger partial charge in [0.25, 0.3) is 15.9 Å². The molecule has 25 heavy (non-hydrogen) atoms. The van der Waals surface area contributed by atoms with E-state index < -0.39 is 15.9 Å². The minimum absolute atomic E-state index is 0.0267. The van der Waals surface area contributed by atoms with Crippen molar-refractivity contribution in [1.82, 2.24) is 10.1 Å². The van der Waals surface area contributed by atoms with Gasteiger partial charge < -0.3 is 5.32 Å². The third kappa shape index (κ3) is 4.21. The van der Waals surface area contributed by atoms with Gasteiger partial charge in [-0.05, 0) is 24.6 Å². The van der Waals surface area contributed by atoms with Gasteiger partial charge in [0.15, 0.2) is 0 Å². The van der Waals surface area contributed by atoms with Crippen molar-refractivity contribution >= 4 is 39.1 Å². The Morgan fingerprint density at radius 2 is 2.04 bits per heavy atom. The first-order valence-corrected chi connectivity index (χ1v) is 9.25. The number of amidine groups is 1. The van der Waals surface area contributed by atoms with Gasteiger partial charge in [0.1, 0.15) is 11.5 Å². The topological polar surface area (TPSA) is 129 Å². The molecule has 0 aromatic heterocycles. The average molecular weight is 363 g/mol. The van der Waals surface area contributed by atoms with Gasteiger partial charge in [-0.15, -0.1) is 0 Å². The number of carbonyl (C=O) groups is 2. The van der Waals surface area contributed by atoms with Crippen LogP contribution in [-0.2, 0) is 19.6 Å². The van der Waals surface area contributed by atoms with E-state index in [2.05, 4.69) is 25.6 Å². The maximum Gasteiger partial charge on any atom is 0.271 e. The summed E-state index contributed by atoms with van der Waals surface area (Å²) in [6.07, 6.45) is 1.84. The highest BCUT2D eigenvalue weighted by atomic mass is 32.2. The van der Waals surface area contributed by atoms with Crippen molar-refractivity contribution in [2.24, 2.45) is 10.1 Å². The summed E-state index contributed by atoms with van der Waals surface area (Å²) in [6.45, 7) is 0.618. The number of benzene rings is 1. The quantitative estimate of drug-likeness (QED) is 0.713. The van der Waals surface area contributed by atoms with Crippen molar-refractivity contribution in [3.63, 3.8) is 0 Å². The van der Waals surface area contributed by atoms with Crippen LogP contribution in [0.2, 0.25) is 0 Å². The molecule has 0 aliphatic carbocycles. The zero-order chi connectivity index (χ0) is 17.9. The lowest BCUT2D eigenvalue weighted by Crippen LogP contribution is -2.33. The van der Waals surface area contributed by atoms with E-state index in [0.29, 0.717) is 24.5 Å². The molecule has 2 amide bonds. The lowest BCUT2D eigenvalue weighted by atomic mass is 10.1. The Kier molecular flexibility index (Phi) is 4.79. The summed E-state index contributed by atoms with van der Waals surface area (Å²) in [7, 11) is -3.75. The summed E-state index contributed by atoms with van der Waals surface area (Å²) in [6, 6.07) is 5.90. The molecule has 0 unspecified atom stereocenters. The Labute approximate surface area is 144 Å². The van der Waals surface area contributed by atoms with Crippen LogP contribution in [0.1, 0.15) is 25.7 Å². The molecule has 10 heteroatoms. The zero-order valence-corrected chi connectivity index (χ0v) is 14.1. The normalized spacial score (nSPS) is 17.4. The van der Waals surface area contributed by atoms with Crippen LogP contribution in [0.4, 0.5) is 5.69 Å². The van der Waals surface area contributed by atoms with Crippen molar-refractivity contribution in [1.29, 1.82) is 0 Å². The minimum Gasteiger partial charge on any atom is -0.321 e. The average Bonchev–Trinajstić information content (AvgIpc) is 3.08. The molecule has 0 saturated carbocycles. The Balaban J connectivity index is 1.73. The standard InChI is InChI=1S/C15H17N5O4S/c21-14-7-6-12(18-19-14)15(22)17-10-3-1-4-11(9-10)25(23,24)20-13-5-2-8-16-13/h1,3-4,9H,2,5-8H2,(H,16,20)(H,17,22)(H,19,21). The molecule has 0 spiro atoms. The molecule has 0 saturated heterocycles. The number of carbonyl (C=O) groups excluding carboxylic acids is 2. The van der Waals surface area contributed by atoms with Crippen LogP contribution in [0.5, 0.6) is 0 Å². The van der Waals surface area contributed by atoms with E-state index in [1.807, 2.05) is 0 Å². The molecular formula is C15H17N5O4S. The summed E-state index contributed by atoms with van der Waals surface area (Å²) < 4.78 is 27.2. The fourth-order valence-electron chi connectivity index (χ4n) is 2.42. The molecule has 9 nitrogen and oxygen atoms in total. The highest BCUT2D eigenvalue weighted by Crippen LogP contribution is 2.17. The lowest BCUT2D eigenvalue weighted by molar-refractivity contribution is -0.121. The molecule has 0 fully saturated rings. The van der Waals surface area contributed by atoms with E-state index in [1.165, 1.54) is 18.2 Å². The van der Waals surface area contributed by atoms with Gasteiger partial charge in [-0.3, -0.25) is 19.3 Å². The Morgan fingerprint density at radius 1 is 1.20 bits per heavy atom. The highest BCUT2D eigenvalue weighted by Gasteiger charge is 2.21. The summed E-state index contributed by atoms with van der Waals surface area (Å²) >= 11 is 0. The van der Waals surface area contributed by atoms with Crippen LogP contribution in [0.25, 0.3) is 0 Å². The molecule has 3 N–H and O–H groups in total. The number of aliphatic imine (C=N–C) groups is 1. The lowest BCUT2D eigenvalue weighted by Gasteiger charge is -2.13. The van der Waals surface area contributed by atoms with Gasteiger partial charge >= 0.3 is 0 Å². The molecule has 2 heterocycles. The Morgan fingerprint density at radius 3 is 2.72 bits per heavy atom. The zero-order valence-electron chi connectivity index (χ0n) is 13.3. The number of sulfonamides is 1. The number of hydrogen-bond donors (Lipinski definition) is 3. The third-order valence-corrected chi connectivity index (χ3v) is 5.07. The molecular weight excluding hydrogens is 346 g/mol. The fraction of sp³-hybridized carbons (Fsp3) is 0.333. The number of hydrogen-bond acceptors (Lipinski definition) is 6. The largest absolute Gasteiger partial charge is 0.321 e. The molecule has 132 valence electrons. The second kappa shape index (κ2) is 7.01. The van der Waals surface area contributed by atoms with Crippen LogP contribution in [-0.4, -0.2) is 38.3 Å². The van der Waals surface area contributed by atoms with Crippen LogP contribution in [0, 0.1) is 0 Å². The first-order chi connectivity index (χ1) is 11.9. The first-order valence-electron chi connectivity index (χ1n) is 7.77. The monoisotopic (exact) mass is 363 g/mol. The fourth-order valence-corrected chi connectivity index (χ4v) is 3.55. The van der Waals surface area contributed by atoms with Crippen molar-refractivity contribution in [2.75, 3.05) is 11.9 Å². The van der Waals surface area contributed by atoms with E-state index in [4.69, 9.17) is 0 Å². The minimum atomic E-state index is -3.75. The van der Waals surface area contributed by atoms with Crippen molar-refractivity contribution < 1.29 is 18.0 Å². The van der Waals surface area contributed by atoms with E-state index in [0.717, 1.165) is 6.42 Å². The summed E-state index contributed by atoms with van der Waals surface area (Å²) in [4.78, 5) is 27.3. The van der Waals surface area contributed by atoms with Crippen molar-refractivity contribution in [3.05, 3.63) is 24.3 Å². The SMILES string of the molecule is O=C1CCC(C(=O)Nc2cccc(S(=O)(=O)NC3=NCCC3)c2)=NN1. The predicted octanol–water partition coefficient (Wildman–Crippen LogP) is 0.362. The Hall–Kier alpha value is -2.75. The van der Waals surface area contributed by atoms with Crippen molar-refractivity contribution in [3.8, 4) is 0 Å². The maximum absolute atomic E-state index is 12.4. The molecule has 0 atom stereocenters. The van der Waals surface area contributed by atoms with E-state index >= 15 is 0 Å². The van der Waals surface area contributed by atoms with Gasteiger partial charge in [-0.1, -0.05) is 6.07 Å². The maximum atomic E-state index is 12.4. The third-order valence-electron chi connectivity index (χ3n) is 3.70. The van der Waals surface area contributed by atoms with Gasteiger partial charge in [0.2, 0.25) is 5.91 Å². The van der Waals surface area contributed by atoms with Gasteiger partial charge in [-0.25, -0.2) is 13.8 Å². The van der Waals surface area contributed by atoms with Crippen LogP contribution in [0.15, 0.2) is 39.3 Å². The van der Waals surface area contributed by atoms with Gasteiger partial charge in [-0.2, -0.15) is 5.10 Å². The van der Waals surface area contributed by atoms with E-state index in [1.54, 1.807) is 6.07 Å².